The summed E-state index contributed by atoms with van der Waals surface area (Å²) in [7, 11) is 0. The van der Waals surface area contributed by atoms with Crippen LogP contribution in [0, 0.1) is 0 Å². The predicted molar refractivity (Wildman–Crippen MR) is 58.9 cm³/mol. The average molecular weight is 240 g/mol. The molecule has 1 N–H and O–H groups in total. The molecule has 0 aliphatic heterocycles. The first kappa shape index (κ1) is 9.22. The number of fused-ring (bicyclic) bond motifs is 1. The number of nitrogens with one attached hydrogen (secondary N) is 1. The van der Waals surface area contributed by atoms with Gasteiger partial charge in [0.1, 0.15) is 0 Å². The number of hydrogen-bond acceptors (Lipinski definition) is 1. The summed E-state index contributed by atoms with van der Waals surface area (Å²) in [6.07, 6.45) is 2.46. The highest BCUT2D eigenvalue weighted by Gasteiger charge is 2.23. The summed E-state index contributed by atoms with van der Waals surface area (Å²) < 4.78 is 1.26. The van der Waals surface area contributed by atoms with Crippen LogP contribution in [-0.4, -0.2) is 6.54 Å². The van der Waals surface area contributed by atoms with E-state index in [0.29, 0.717) is 6.04 Å². The lowest BCUT2D eigenvalue weighted by atomic mass is 10.1. The van der Waals surface area contributed by atoms with Gasteiger partial charge in [-0.3, -0.25) is 0 Å². The standard InChI is InChI=1S/C11H14BrN/c1-2-13-10-7-6-8-4-3-5-9(12)11(8)10/h3-5,10,13H,2,6-7H2,1H3. The third-order valence-electron chi connectivity index (χ3n) is 2.64. The zero-order chi connectivity index (χ0) is 9.26. The van der Waals surface area contributed by atoms with Crippen molar-refractivity contribution in [3.05, 3.63) is 33.8 Å². The third-order valence-corrected chi connectivity index (χ3v) is 3.34. The van der Waals surface area contributed by atoms with Crippen molar-refractivity contribution in [1.29, 1.82) is 0 Å². The van der Waals surface area contributed by atoms with Crippen LogP contribution in [0.5, 0.6) is 0 Å². The first-order valence-electron chi connectivity index (χ1n) is 4.83. The summed E-state index contributed by atoms with van der Waals surface area (Å²) in [6.45, 7) is 3.21. The van der Waals surface area contributed by atoms with Gasteiger partial charge in [0.05, 0.1) is 0 Å². The van der Waals surface area contributed by atoms with Crippen molar-refractivity contribution in [3.8, 4) is 0 Å². The van der Waals surface area contributed by atoms with Crippen molar-refractivity contribution in [2.75, 3.05) is 6.54 Å². The Bertz CT molecular complexity index is 307. The van der Waals surface area contributed by atoms with Crippen molar-refractivity contribution in [2.45, 2.75) is 25.8 Å². The molecule has 1 aromatic carbocycles. The fourth-order valence-corrected chi connectivity index (χ4v) is 2.77. The van der Waals surface area contributed by atoms with Crippen molar-refractivity contribution in [2.24, 2.45) is 0 Å². The quantitative estimate of drug-likeness (QED) is 0.837. The molecule has 70 valence electrons. The van der Waals surface area contributed by atoms with Gasteiger partial charge < -0.3 is 5.32 Å². The second kappa shape index (κ2) is 3.81. The van der Waals surface area contributed by atoms with Gasteiger partial charge in [0, 0.05) is 10.5 Å². The molecule has 1 atom stereocenters. The minimum absolute atomic E-state index is 0.565. The maximum atomic E-state index is 3.62. The van der Waals surface area contributed by atoms with E-state index in [0.717, 1.165) is 6.54 Å². The van der Waals surface area contributed by atoms with Gasteiger partial charge in [0.25, 0.3) is 0 Å². The van der Waals surface area contributed by atoms with E-state index in [1.807, 2.05) is 0 Å². The minimum Gasteiger partial charge on any atom is -0.310 e. The molecule has 1 aromatic rings. The van der Waals surface area contributed by atoms with Crippen molar-refractivity contribution < 1.29 is 0 Å². The molecule has 0 saturated heterocycles. The zero-order valence-electron chi connectivity index (χ0n) is 7.81. The number of hydrogen-bond donors (Lipinski definition) is 1. The molecule has 0 spiro atoms. The SMILES string of the molecule is CCNC1CCc2cccc(Br)c21. The summed E-state index contributed by atoms with van der Waals surface area (Å²) >= 11 is 3.62. The highest BCUT2D eigenvalue weighted by Crippen LogP contribution is 2.36. The van der Waals surface area contributed by atoms with Crippen LogP contribution in [0.1, 0.15) is 30.5 Å². The Hall–Kier alpha value is -0.340. The molecule has 2 heteroatoms. The molecule has 13 heavy (non-hydrogen) atoms. The van der Waals surface area contributed by atoms with Crippen LogP contribution in [0.3, 0.4) is 0 Å². The molecule has 0 saturated carbocycles. The Morgan fingerprint density at radius 1 is 1.54 bits per heavy atom. The molecule has 0 fully saturated rings. The Balaban J connectivity index is 2.34. The highest BCUT2D eigenvalue weighted by molar-refractivity contribution is 9.10. The monoisotopic (exact) mass is 239 g/mol. The Kier molecular flexibility index (Phi) is 2.70. The number of halogens is 1. The summed E-state index contributed by atoms with van der Waals surface area (Å²) in [6, 6.07) is 7.05. The molecule has 0 aromatic heterocycles. The average Bonchev–Trinajstić information content (AvgIpc) is 2.51. The van der Waals surface area contributed by atoms with E-state index in [2.05, 4.69) is 46.4 Å². The zero-order valence-corrected chi connectivity index (χ0v) is 9.39. The van der Waals surface area contributed by atoms with E-state index >= 15 is 0 Å². The van der Waals surface area contributed by atoms with Gasteiger partial charge in [-0.05, 0) is 36.6 Å². The summed E-state index contributed by atoms with van der Waals surface area (Å²) in [4.78, 5) is 0. The van der Waals surface area contributed by atoms with Crippen molar-refractivity contribution in [3.63, 3.8) is 0 Å². The van der Waals surface area contributed by atoms with Crippen LogP contribution in [0.15, 0.2) is 22.7 Å². The molecule has 1 nitrogen and oxygen atoms in total. The molecule has 2 rings (SSSR count). The van der Waals surface area contributed by atoms with E-state index < -0.39 is 0 Å². The Morgan fingerprint density at radius 2 is 2.38 bits per heavy atom. The summed E-state index contributed by atoms with van der Waals surface area (Å²) in [5.41, 5.74) is 2.98. The molecule has 0 radical (unpaired) electrons. The first-order valence-corrected chi connectivity index (χ1v) is 5.63. The van der Waals surface area contributed by atoms with E-state index in [4.69, 9.17) is 0 Å². The predicted octanol–water partition coefficient (Wildman–Crippen LogP) is 3.05. The van der Waals surface area contributed by atoms with Crippen LogP contribution >= 0.6 is 15.9 Å². The first-order chi connectivity index (χ1) is 6.33. The fourth-order valence-electron chi connectivity index (χ4n) is 2.08. The summed E-state index contributed by atoms with van der Waals surface area (Å²) in [5, 5.41) is 3.51. The number of aryl methyl sites for hydroxylation is 1. The van der Waals surface area contributed by atoms with E-state index in [9.17, 15) is 0 Å². The molecular weight excluding hydrogens is 226 g/mol. The molecular formula is C11H14BrN. The topological polar surface area (TPSA) is 12.0 Å². The van der Waals surface area contributed by atoms with Crippen LogP contribution in [0.2, 0.25) is 0 Å². The maximum Gasteiger partial charge on any atom is 0.0337 e. The Morgan fingerprint density at radius 3 is 3.15 bits per heavy atom. The second-order valence-corrected chi connectivity index (χ2v) is 4.32. The highest BCUT2D eigenvalue weighted by atomic mass is 79.9. The second-order valence-electron chi connectivity index (χ2n) is 3.46. The third kappa shape index (κ3) is 1.65. The lowest BCUT2D eigenvalue weighted by Gasteiger charge is -2.13. The van der Waals surface area contributed by atoms with Crippen LogP contribution in [0.25, 0.3) is 0 Å². The maximum absolute atomic E-state index is 3.62. The van der Waals surface area contributed by atoms with Gasteiger partial charge in [0.2, 0.25) is 0 Å². The summed E-state index contributed by atoms with van der Waals surface area (Å²) in [5.74, 6) is 0. The molecule has 1 aliphatic carbocycles. The van der Waals surface area contributed by atoms with Gasteiger partial charge in [0.15, 0.2) is 0 Å². The normalized spacial score (nSPS) is 20.3. The molecule has 0 bridgehead atoms. The van der Waals surface area contributed by atoms with E-state index in [-0.39, 0.29) is 0 Å². The minimum atomic E-state index is 0.565. The van der Waals surface area contributed by atoms with Crippen LogP contribution in [0.4, 0.5) is 0 Å². The molecule has 0 heterocycles. The van der Waals surface area contributed by atoms with Crippen molar-refractivity contribution >= 4 is 15.9 Å². The molecule has 0 amide bonds. The molecule has 1 aliphatic rings. The Labute approximate surface area is 87.7 Å². The molecule has 1 unspecified atom stereocenters. The largest absolute Gasteiger partial charge is 0.310 e. The van der Waals surface area contributed by atoms with Crippen molar-refractivity contribution in [1.82, 2.24) is 5.32 Å². The van der Waals surface area contributed by atoms with Gasteiger partial charge >= 0.3 is 0 Å². The lowest BCUT2D eigenvalue weighted by Crippen LogP contribution is -2.18. The van der Waals surface area contributed by atoms with Gasteiger partial charge in [-0.25, -0.2) is 0 Å². The van der Waals surface area contributed by atoms with Crippen LogP contribution < -0.4 is 5.32 Å². The van der Waals surface area contributed by atoms with Crippen LogP contribution in [-0.2, 0) is 6.42 Å². The van der Waals surface area contributed by atoms with Gasteiger partial charge in [-0.15, -0.1) is 0 Å². The van der Waals surface area contributed by atoms with Gasteiger partial charge in [-0.2, -0.15) is 0 Å². The van der Waals surface area contributed by atoms with E-state index in [1.165, 1.54) is 28.4 Å². The smallest absolute Gasteiger partial charge is 0.0337 e. The van der Waals surface area contributed by atoms with E-state index in [1.54, 1.807) is 0 Å². The lowest BCUT2D eigenvalue weighted by molar-refractivity contribution is 0.548. The van der Waals surface area contributed by atoms with Gasteiger partial charge in [-0.1, -0.05) is 35.0 Å². The number of rotatable bonds is 2. The number of benzene rings is 1. The fraction of sp³-hybridized carbons (Fsp3) is 0.455.